The van der Waals surface area contributed by atoms with Gasteiger partial charge in [0, 0.05) is 12.6 Å². The van der Waals surface area contributed by atoms with E-state index >= 15 is 0 Å². The summed E-state index contributed by atoms with van der Waals surface area (Å²) >= 11 is 0. The molecule has 0 saturated heterocycles. The van der Waals surface area contributed by atoms with Crippen LogP contribution in [0.2, 0.25) is 0 Å². The molecule has 0 amide bonds. The van der Waals surface area contributed by atoms with Crippen molar-refractivity contribution in [2.45, 2.75) is 85.0 Å². The van der Waals surface area contributed by atoms with Gasteiger partial charge in [-0.2, -0.15) is 0 Å². The molecular weight excluding hydrogens is 250 g/mol. The summed E-state index contributed by atoms with van der Waals surface area (Å²) in [6.45, 7) is 12.2. The van der Waals surface area contributed by atoms with Gasteiger partial charge < -0.3 is 15.2 Å². The van der Waals surface area contributed by atoms with E-state index in [9.17, 15) is 5.11 Å². The minimum Gasteiger partial charge on any atom is -0.389 e. The van der Waals surface area contributed by atoms with Crippen molar-refractivity contribution in [2.75, 3.05) is 13.2 Å². The van der Waals surface area contributed by atoms with Crippen molar-refractivity contribution in [3.63, 3.8) is 0 Å². The summed E-state index contributed by atoms with van der Waals surface area (Å²) in [6.07, 6.45) is 6.03. The average Bonchev–Trinajstić information content (AvgIpc) is 2.33. The maximum absolute atomic E-state index is 10.0. The van der Waals surface area contributed by atoms with Gasteiger partial charge in [-0.25, -0.2) is 0 Å². The van der Waals surface area contributed by atoms with Crippen LogP contribution < -0.4 is 5.32 Å². The molecule has 3 atom stereocenters. The van der Waals surface area contributed by atoms with Crippen LogP contribution >= 0.6 is 0 Å². The van der Waals surface area contributed by atoms with E-state index < -0.39 is 6.10 Å². The van der Waals surface area contributed by atoms with Gasteiger partial charge in [0.2, 0.25) is 0 Å². The van der Waals surface area contributed by atoms with Gasteiger partial charge in [-0.15, -0.1) is 0 Å². The molecule has 0 aromatic heterocycles. The van der Waals surface area contributed by atoms with Crippen LogP contribution in [0, 0.1) is 11.3 Å². The van der Waals surface area contributed by atoms with Crippen molar-refractivity contribution in [3.05, 3.63) is 0 Å². The second kappa shape index (κ2) is 8.35. The van der Waals surface area contributed by atoms with E-state index in [4.69, 9.17) is 4.74 Å². The predicted octanol–water partition coefficient (Wildman–Crippen LogP) is 3.36. The molecule has 1 saturated carbocycles. The fraction of sp³-hybridized carbons (Fsp3) is 1.00. The second-order valence-corrected chi connectivity index (χ2v) is 7.62. The van der Waals surface area contributed by atoms with Crippen LogP contribution in [0.4, 0.5) is 0 Å². The minimum atomic E-state index is -0.401. The third-order valence-electron chi connectivity index (χ3n) is 4.48. The van der Waals surface area contributed by atoms with Crippen LogP contribution in [0.15, 0.2) is 0 Å². The van der Waals surface area contributed by atoms with Gasteiger partial charge in [-0.05, 0) is 37.5 Å². The largest absolute Gasteiger partial charge is 0.389 e. The van der Waals surface area contributed by atoms with Gasteiger partial charge in [0.15, 0.2) is 0 Å². The first-order valence-corrected chi connectivity index (χ1v) is 8.34. The van der Waals surface area contributed by atoms with Crippen molar-refractivity contribution in [3.8, 4) is 0 Å². The fourth-order valence-electron chi connectivity index (χ4n) is 3.22. The Labute approximate surface area is 125 Å². The highest BCUT2D eigenvalue weighted by Gasteiger charge is 2.31. The lowest BCUT2D eigenvalue weighted by Crippen LogP contribution is -2.47. The van der Waals surface area contributed by atoms with Crippen LogP contribution in [-0.2, 0) is 4.74 Å². The molecule has 0 bridgehead atoms. The van der Waals surface area contributed by atoms with Crippen molar-refractivity contribution in [1.29, 1.82) is 0 Å². The summed E-state index contributed by atoms with van der Waals surface area (Å²) in [5.74, 6) is 0.642. The maximum atomic E-state index is 10.0. The Balaban J connectivity index is 2.20. The average molecular weight is 285 g/mol. The Hall–Kier alpha value is -0.120. The molecular formula is C17H35NO2. The lowest BCUT2D eigenvalue weighted by molar-refractivity contribution is -0.0115. The van der Waals surface area contributed by atoms with E-state index in [1.807, 2.05) is 0 Å². The number of ether oxygens (including phenoxy) is 1. The first-order valence-electron chi connectivity index (χ1n) is 8.34. The molecule has 1 aliphatic rings. The molecule has 0 spiro atoms. The Bertz CT molecular complexity index is 266. The molecule has 2 N–H and O–H groups in total. The topological polar surface area (TPSA) is 41.5 Å². The molecule has 1 rings (SSSR count). The van der Waals surface area contributed by atoms with Gasteiger partial charge in [0.25, 0.3) is 0 Å². The number of rotatable bonds is 8. The van der Waals surface area contributed by atoms with E-state index in [0.29, 0.717) is 30.5 Å². The summed E-state index contributed by atoms with van der Waals surface area (Å²) in [5.41, 5.74) is 0.351. The molecule has 3 heteroatoms. The van der Waals surface area contributed by atoms with Crippen LogP contribution in [-0.4, -0.2) is 36.5 Å². The number of hydrogen-bond donors (Lipinski definition) is 2. The number of hydrogen-bond acceptors (Lipinski definition) is 3. The zero-order chi connectivity index (χ0) is 15.2. The van der Waals surface area contributed by atoms with E-state index in [2.05, 4.69) is 39.9 Å². The summed E-state index contributed by atoms with van der Waals surface area (Å²) < 4.78 is 5.72. The molecule has 0 aliphatic heterocycles. The van der Waals surface area contributed by atoms with Crippen molar-refractivity contribution in [2.24, 2.45) is 11.3 Å². The molecule has 3 unspecified atom stereocenters. The number of aliphatic hydroxyl groups excluding tert-OH is 1. The third-order valence-corrected chi connectivity index (χ3v) is 4.48. The molecule has 0 aromatic rings. The fourth-order valence-corrected chi connectivity index (χ4v) is 3.22. The molecule has 1 aliphatic carbocycles. The summed E-state index contributed by atoms with van der Waals surface area (Å²) in [7, 11) is 0. The van der Waals surface area contributed by atoms with Crippen LogP contribution in [0.1, 0.15) is 66.7 Å². The summed E-state index contributed by atoms with van der Waals surface area (Å²) in [6, 6.07) is 0.527. The zero-order valence-electron chi connectivity index (χ0n) is 14.1. The zero-order valence-corrected chi connectivity index (χ0v) is 14.1. The highest BCUT2D eigenvalue weighted by molar-refractivity contribution is 4.88. The van der Waals surface area contributed by atoms with Crippen LogP contribution in [0.3, 0.4) is 0 Å². The Kier molecular flexibility index (Phi) is 7.49. The molecule has 0 radical (unpaired) electrons. The second-order valence-electron chi connectivity index (χ2n) is 7.62. The predicted molar refractivity (Wildman–Crippen MR) is 84.9 cm³/mol. The molecule has 0 aromatic carbocycles. The van der Waals surface area contributed by atoms with E-state index in [0.717, 1.165) is 6.42 Å². The monoisotopic (exact) mass is 285 g/mol. The SMILES string of the molecule is CC(C)CC(C)OCC(O)CNC1CCCCC1(C)C. The van der Waals surface area contributed by atoms with Crippen LogP contribution in [0.5, 0.6) is 0 Å². The molecule has 1 fully saturated rings. The first kappa shape index (κ1) is 17.9. The normalized spacial score (nSPS) is 25.6. The van der Waals surface area contributed by atoms with Crippen molar-refractivity contribution >= 4 is 0 Å². The Morgan fingerprint density at radius 2 is 1.95 bits per heavy atom. The van der Waals surface area contributed by atoms with Gasteiger partial charge >= 0.3 is 0 Å². The highest BCUT2D eigenvalue weighted by Crippen LogP contribution is 2.35. The minimum absolute atomic E-state index is 0.232. The number of nitrogens with one attached hydrogen (secondary N) is 1. The lowest BCUT2D eigenvalue weighted by Gasteiger charge is -2.39. The summed E-state index contributed by atoms with van der Waals surface area (Å²) in [5, 5.41) is 13.6. The molecule has 20 heavy (non-hydrogen) atoms. The van der Waals surface area contributed by atoms with Crippen LogP contribution in [0.25, 0.3) is 0 Å². The third kappa shape index (κ3) is 6.55. The van der Waals surface area contributed by atoms with Crippen molar-refractivity contribution in [1.82, 2.24) is 5.32 Å². The van der Waals surface area contributed by atoms with E-state index in [1.54, 1.807) is 0 Å². The number of aliphatic hydroxyl groups is 1. The highest BCUT2D eigenvalue weighted by atomic mass is 16.5. The molecule has 0 heterocycles. The Morgan fingerprint density at radius 1 is 1.25 bits per heavy atom. The van der Waals surface area contributed by atoms with Crippen molar-refractivity contribution < 1.29 is 9.84 Å². The van der Waals surface area contributed by atoms with Gasteiger partial charge in [-0.1, -0.05) is 40.5 Å². The van der Waals surface area contributed by atoms with Gasteiger partial charge in [0.1, 0.15) is 0 Å². The molecule has 3 nitrogen and oxygen atoms in total. The first-order chi connectivity index (χ1) is 9.31. The van der Waals surface area contributed by atoms with Gasteiger partial charge in [-0.3, -0.25) is 0 Å². The lowest BCUT2D eigenvalue weighted by atomic mass is 9.73. The quantitative estimate of drug-likeness (QED) is 0.718. The van der Waals surface area contributed by atoms with E-state index in [-0.39, 0.29) is 6.10 Å². The van der Waals surface area contributed by atoms with E-state index in [1.165, 1.54) is 25.7 Å². The standard InChI is InChI=1S/C17H35NO2/c1-13(2)10-14(3)20-12-15(19)11-18-16-8-6-7-9-17(16,4)5/h13-16,18-19H,6-12H2,1-5H3. The smallest absolute Gasteiger partial charge is 0.0897 e. The Morgan fingerprint density at radius 3 is 2.55 bits per heavy atom. The maximum Gasteiger partial charge on any atom is 0.0897 e. The molecule has 120 valence electrons. The van der Waals surface area contributed by atoms with Gasteiger partial charge in [0.05, 0.1) is 18.8 Å². The summed E-state index contributed by atoms with van der Waals surface area (Å²) in [4.78, 5) is 0.